The maximum Gasteiger partial charge on any atom is 0.193 e. The van der Waals surface area contributed by atoms with Gasteiger partial charge in [-0.15, -0.1) is 24.0 Å². The molecule has 0 atom stereocenters. The highest BCUT2D eigenvalue weighted by Gasteiger charge is 2.33. The van der Waals surface area contributed by atoms with Crippen LogP contribution in [0.2, 0.25) is 0 Å². The number of rotatable bonds is 4. The largest absolute Gasteiger partial charge is 0.390 e. The van der Waals surface area contributed by atoms with Gasteiger partial charge in [-0.2, -0.15) is 0 Å². The molecular formula is C13H18F2IN3O. The molecule has 1 aliphatic rings. The minimum Gasteiger partial charge on any atom is -0.390 e. The van der Waals surface area contributed by atoms with Gasteiger partial charge in [0.1, 0.15) is 11.6 Å². The van der Waals surface area contributed by atoms with E-state index in [9.17, 15) is 13.9 Å². The van der Waals surface area contributed by atoms with Gasteiger partial charge < -0.3 is 16.2 Å². The van der Waals surface area contributed by atoms with E-state index in [1.165, 1.54) is 0 Å². The zero-order chi connectivity index (χ0) is 13.9. The quantitative estimate of drug-likeness (QED) is 0.416. The molecule has 0 aromatic heterocycles. The second-order valence-electron chi connectivity index (χ2n) is 4.84. The van der Waals surface area contributed by atoms with Crippen LogP contribution in [0.5, 0.6) is 0 Å². The molecule has 0 unspecified atom stereocenters. The lowest BCUT2D eigenvalue weighted by Crippen LogP contribution is -2.37. The summed E-state index contributed by atoms with van der Waals surface area (Å²) in [5.41, 5.74) is 4.91. The summed E-state index contributed by atoms with van der Waals surface area (Å²) in [5.74, 6) is -1.15. The number of benzene rings is 1. The van der Waals surface area contributed by atoms with Gasteiger partial charge in [0.25, 0.3) is 0 Å². The molecule has 2 rings (SSSR count). The first-order valence-electron chi connectivity index (χ1n) is 6.23. The van der Waals surface area contributed by atoms with E-state index in [2.05, 4.69) is 10.3 Å². The molecule has 4 N–H and O–H groups in total. The molecule has 112 valence electrons. The molecule has 1 fully saturated rings. The fraction of sp³-hybridized carbons (Fsp3) is 0.462. The number of hydrogen-bond acceptors (Lipinski definition) is 2. The van der Waals surface area contributed by atoms with Crippen molar-refractivity contribution in [1.82, 2.24) is 0 Å². The van der Waals surface area contributed by atoms with Crippen molar-refractivity contribution in [3.05, 3.63) is 29.8 Å². The van der Waals surface area contributed by atoms with Crippen LogP contribution in [-0.4, -0.2) is 23.2 Å². The number of nitrogens with one attached hydrogen (secondary N) is 1. The average Bonchev–Trinajstić information content (AvgIpc) is 2.32. The van der Waals surface area contributed by atoms with Crippen molar-refractivity contribution >= 4 is 35.6 Å². The predicted molar refractivity (Wildman–Crippen MR) is 85.3 cm³/mol. The smallest absolute Gasteiger partial charge is 0.193 e. The molecular weight excluding hydrogens is 379 g/mol. The molecule has 7 heteroatoms. The molecule has 0 radical (unpaired) electrons. The average molecular weight is 397 g/mol. The summed E-state index contributed by atoms with van der Waals surface area (Å²) < 4.78 is 26.3. The van der Waals surface area contributed by atoms with Crippen molar-refractivity contribution in [1.29, 1.82) is 0 Å². The summed E-state index contributed by atoms with van der Waals surface area (Å²) >= 11 is 0. The highest BCUT2D eigenvalue weighted by Crippen LogP contribution is 2.34. The van der Waals surface area contributed by atoms with E-state index in [1.807, 2.05) is 0 Å². The van der Waals surface area contributed by atoms with Gasteiger partial charge in [-0.25, -0.2) is 8.78 Å². The maximum atomic E-state index is 13.3. The number of halogens is 3. The third-order valence-electron chi connectivity index (χ3n) is 3.33. The number of guanidine groups is 1. The Bertz CT molecular complexity index is 493. The Morgan fingerprint density at radius 1 is 1.40 bits per heavy atom. The van der Waals surface area contributed by atoms with Gasteiger partial charge in [0, 0.05) is 12.6 Å². The van der Waals surface area contributed by atoms with E-state index in [1.54, 1.807) is 0 Å². The van der Waals surface area contributed by atoms with Crippen molar-refractivity contribution in [2.45, 2.75) is 31.3 Å². The van der Waals surface area contributed by atoms with Crippen molar-refractivity contribution in [2.75, 3.05) is 11.9 Å². The molecule has 4 nitrogen and oxygen atoms in total. The molecule has 20 heavy (non-hydrogen) atoms. The summed E-state index contributed by atoms with van der Waals surface area (Å²) in [6.07, 6.45) is 3.13. The lowest BCUT2D eigenvalue weighted by atomic mass is 9.78. The number of aliphatic hydroxyl groups is 1. The molecule has 0 aliphatic heterocycles. The zero-order valence-corrected chi connectivity index (χ0v) is 13.2. The minimum absolute atomic E-state index is 0. The van der Waals surface area contributed by atoms with Gasteiger partial charge in [-0.1, -0.05) is 0 Å². The second-order valence-corrected chi connectivity index (χ2v) is 4.84. The summed E-state index contributed by atoms with van der Waals surface area (Å²) in [5, 5.41) is 12.4. The van der Waals surface area contributed by atoms with E-state index < -0.39 is 17.2 Å². The molecule has 0 saturated heterocycles. The van der Waals surface area contributed by atoms with Gasteiger partial charge in [-0.05, 0) is 37.8 Å². The first-order chi connectivity index (χ1) is 8.98. The van der Waals surface area contributed by atoms with Crippen LogP contribution in [0.3, 0.4) is 0 Å². The number of anilines is 1. The molecule has 1 aromatic carbocycles. The van der Waals surface area contributed by atoms with Gasteiger partial charge in [0.05, 0.1) is 11.3 Å². The Hall–Kier alpha value is -0.960. The van der Waals surface area contributed by atoms with Gasteiger partial charge in [0.2, 0.25) is 0 Å². The molecule has 0 heterocycles. The van der Waals surface area contributed by atoms with Gasteiger partial charge >= 0.3 is 0 Å². The highest BCUT2D eigenvalue weighted by atomic mass is 127. The van der Waals surface area contributed by atoms with Gasteiger partial charge in [-0.3, -0.25) is 4.99 Å². The Labute approximate surface area is 133 Å². The van der Waals surface area contributed by atoms with Crippen LogP contribution in [0, 0.1) is 11.6 Å². The van der Waals surface area contributed by atoms with E-state index in [0.717, 1.165) is 37.5 Å². The maximum absolute atomic E-state index is 13.3. The van der Waals surface area contributed by atoms with Crippen molar-refractivity contribution in [2.24, 2.45) is 10.7 Å². The normalized spacial score (nSPS) is 17.1. The lowest BCUT2D eigenvalue weighted by Gasteiger charge is -2.36. The lowest BCUT2D eigenvalue weighted by molar-refractivity contribution is -0.0377. The highest BCUT2D eigenvalue weighted by molar-refractivity contribution is 14.0. The topological polar surface area (TPSA) is 70.6 Å². The van der Waals surface area contributed by atoms with Crippen LogP contribution < -0.4 is 11.1 Å². The number of nitrogens with zero attached hydrogens (tertiary/aromatic N) is 1. The molecule has 0 spiro atoms. The van der Waals surface area contributed by atoms with Gasteiger partial charge in [0.15, 0.2) is 5.96 Å². The van der Waals surface area contributed by atoms with Crippen LogP contribution >= 0.6 is 24.0 Å². The van der Waals surface area contributed by atoms with Crippen LogP contribution in [0.15, 0.2) is 23.2 Å². The fourth-order valence-corrected chi connectivity index (χ4v) is 1.99. The predicted octanol–water partition coefficient (Wildman–Crippen LogP) is 2.61. The Morgan fingerprint density at radius 3 is 2.70 bits per heavy atom. The molecule has 1 aromatic rings. The van der Waals surface area contributed by atoms with Crippen LogP contribution in [0.1, 0.15) is 25.7 Å². The van der Waals surface area contributed by atoms with Crippen LogP contribution in [-0.2, 0) is 0 Å². The summed E-state index contributed by atoms with van der Waals surface area (Å²) in [6.45, 7) is 0.353. The molecule has 0 amide bonds. The molecule has 1 aliphatic carbocycles. The third kappa shape index (κ3) is 4.55. The van der Waals surface area contributed by atoms with E-state index in [4.69, 9.17) is 5.73 Å². The van der Waals surface area contributed by atoms with Crippen molar-refractivity contribution in [3.8, 4) is 0 Å². The van der Waals surface area contributed by atoms with Crippen molar-refractivity contribution < 1.29 is 13.9 Å². The first kappa shape index (κ1) is 17.1. The first-order valence-corrected chi connectivity index (χ1v) is 6.23. The van der Waals surface area contributed by atoms with E-state index >= 15 is 0 Å². The zero-order valence-electron chi connectivity index (χ0n) is 10.9. The SMILES string of the molecule is I.NC(=NCCC1(O)CCC1)Nc1cc(F)ccc1F. The summed E-state index contributed by atoms with van der Waals surface area (Å²) in [4.78, 5) is 3.99. The monoisotopic (exact) mass is 397 g/mol. The molecule has 0 bridgehead atoms. The van der Waals surface area contributed by atoms with E-state index in [-0.39, 0.29) is 35.6 Å². The van der Waals surface area contributed by atoms with Crippen LogP contribution in [0.25, 0.3) is 0 Å². The molecule has 1 saturated carbocycles. The Balaban J connectivity index is 0.00000200. The summed E-state index contributed by atoms with van der Waals surface area (Å²) in [7, 11) is 0. The Morgan fingerprint density at radius 2 is 2.10 bits per heavy atom. The van der Waals surface area contributed by atoms with E-state index in [0.29, 0.717) is 13.0 Å². The number of nitrogens with two attached hydrogens (primary N) is 1. The van der Waals surface area contributed by atoms with Crippen molar-refractivity contribution in [3.63, 3.8) is 0 Å². The van der Waals surface area contributed by atoms with Crippen LogP contribution in [0.4, 0.5) is 14.5 Å². The summed E-state index contributed by atoms with van der Waals surface area (Å²) in [6, 6.07) is 3.05. The number of hydrogen-bond donors (Lipinski definition) is 3. The minimum atomic E-state index is -0.617. The number of aliphatic imine (C=N–C) groups is 1. The Kier molecular flexibility index (Phi) is 6.12. The standard InChI is InChI=1S/C13H17F2N3O.HI/c14-9-2-3-10(15)11(8-9)18-12(16)17-7-6-13(19)4-1-5-13;/h2-3,8,19H,1,4-7H2,(H3,16,17,18);1H. The third-order valence-corrected chi connectivity index (χ3v) is 3.33. The second kappa shape index (κ2) is 7.16. The fourth-order valence-electron chi connectivity index (χ4n) is 1.99.